The summed E-state index contributed by atoms with van der Waals surface area (Å²) < 4.78 is 3.50. The van der Waals surface area contributed by atoms with Crippen molar-refractivity contribution in [3.63, 3.8) is 0 Å². The van der Waals surface area contributed by atoms with Crippen molar-refractivity contribution >= 4 is 16.9 Å². The van der Waals surface area contributed by atoms with E-state index in [1.54, 1.807) is 0 Å². The zero-order valence-electron chi connectivity index (χ0n) is 14.0. The molecule has 1 aromatic carbocycles. The maximum absolute atomic E-state index is 12.7. The van der Waals surface area contributed by atoms with Crippen molar-refractivity contribution in [3.05, 3.63) is 36.4 Å². The Morgan fingerprint density at radius 1 is 1.33 bits per heavy atom. The zero-order valence-corrected chi connectivity index (χ0v) is 14.0. The summed E-state index contributed by atoms with van der Waals surface area (Å²) in [6, 6.07) is 7.47. The van der Waals surface area contributed by atoms with E-state index in [-0.39, 0.29) is 11.8 Å². The number of imidazole rings is 1. The Morgan fingerprint density at radius 3 is 2.79 bits per heavy atom. The van der Waals surface area contributed by atoms with Gasteiger partial charge in [-0.15, -0.1) is 5.10 Å². The minimum Gasteiger partial charge on any atom is -0.347 e. The summed E-state index contributed by atoms with van der Waals surface area (Å²) in [6.45, 7) is 4.42. The van der Waals surface area contributed by atoms with Crippen molar-refractivity contribution in [2.75, 3.05) is 0 Å². The van der Waals surface area contributed by atoms with Crippen molar-refractivity contribution in [3.8, 4) is 0 Å². The molecule has 0 spiro atoms. The molecule has 0 aliphatic carbocycles. The number of tetrazole rings is 1. The molecular weight excluding hydrogens is 306 g/mol. The van der Waals surface area contributed by atoms with E-state index >= 15 is 0 Å². The molecule has 2 atom stereocenters. The van der Waals surface area contributed by atoms with Crippen LogP contribution in [-0.2, 0) is 18.4 Å². The Kier molecular flexibility index (Phi) is 4.54. The first kappa shape index (κ1) is 16.1. The number of carbonyl (C=O) groups excluding carboxylic acids is 1. The molecule has 24 heavy (non-hydrogen) atoms. The molecule has 126 valence electrons. The van der Waals surface area contributed by atoms with Crippen LogP contribution in [0.2, 0.25) is 0 Å². The SMILES string of the molecule is CC[C@H](C)[C@@H](C(=O)NCc1nc2ccccc2n1C)n1cnnn1. The predicted molar refractivity (Wildman–Crippen MR) is 88.9 cm³/mol. The van der Waals surface area contributed by atoms with E-state index in [0.29, 0.717) is 6.54 Å². The number of benzene rings is 1. The molecule has 1 amide bonds. The first-order valence-electron chi connectivity index (χ1n) is 8.02. The van der Waals surface area contributed by atoms with Gasteiger partial charge in [0.2, 0.25) is 5.91 Å². The highest BCUT2D eigenvalue weighted by Gasteiger charge is 2.27. The topological polar surface area (TPSA) is 90.5 Å². The highest BCUT2D eigenvalue weighted by atomic mass is 16.2. The van der Waals surface area contributed by atoms with Gasteiger partial charge in [0, 0.05) is 7.05 Å². The molecule has 8 heteroatoms. The van der Waals surface area contributed by atoms with E-state index in [4.69, 9.17) is 0 Å². The Balaban J connectivity index is 1.76. The molecule has 0 saturated heterocycles. The van der Waals surface area contributed by atoms with Crippen LogP contribution in [0.5, 0.6) is 0 Å². The van der Waals surface area contributed by atoms with Gasteiger partial charge >= 0.3 is 0 Å². The third kappa shape index (κ3) is 2.99. The highest BCUT2D eigenvalue weighted by molar-refractivity contribution is 5.80. The van der Waals surface area contributed by atoms with Gasteiger partial charge in [-0.25, -0.2) is 9.67 Å². The maximum atomic E-state index is 12.7. The van der Waals surface area contributed by atoms with Gasteiger partial charge in [0.15, 0.2) is 0 Å². The number of nitrogens with one attached hydrogen (secondary N) is 1. The zero-order chi connectivity index (χ0) is 17.1. The molecule has 1 N–H and O–H groups in total. The van der Waals surface area contributed by atoms with E-state index in [0.717, 1.165) is 23.3 Å². The summed E-state index contributed by atoms with van der Waals surface area (Å²) in [5.74, 6) is 0.821. The van der Waals surface area contributed by atoms with Crippen LogP contribution in [0.4, 0.5) is 0 Å². The largest absolute Gasteiger partial charge is 0.347 e. The summed E-state index contributed by atoms with van der Waals surface area (Å²) >= 11 is 0. The van der Waals surface area contributed by atoms with Crippen LogP contribution in [0, 0.1) is 5.92 Å². The molecule has 0 saturated carbocycles. The summed E-state index contributed by atoms with van der Waals surface area (Å²) in [6.07, 6.45) is 2.33. The lowest BCUT2D eigenvalue weighted by Gasteiger charge is -2.21. The Morgan fingerprint density at radius 2 is 2.12 bits per heavy atom. The average Bonchev–Trinajstić information content (AvgIpc) is 3.22. The van der Waals surface area contributed by atoms with Gasteiger partial charge in [0.1, 0.15) is 18.2 Å². The lowest BCUT2D eigenvalue weighted by molar-refractivity contribution is -0.126. The van der Waals surface area contributed by atoms with Crippen molar-refractivity contribution in [1.82, 2.24) is 35.1 Å². The summed E-state index contributed by atoms with van der Waals surface area (Å²) in [5.41, 5.74) is 1.96. The monoisotopic (exact) mass is 327 g/mol. The fourth-order valence-electron chi connectivity index (χ4n) is 2.78. The highest BCUT2D eigenvalue weighted by Crippen LogP contribution is 2.20. The van der Waals surface area contributed by atoms with Crippen LogP contribution in [0.1, 0.15) is 32.1 Å². The van der Waals surface area contributed by atoms with Crippen LogP contribution in [0.25, 0.3) is 11.0 Å². The molecule has 0 aliphatic heterocycles. The fraction of sp³-hybridized carbons (Fsp3) is 0.438. The first-order valence-corrected chi connectivity index (χ1v) is 8.02. The molecule has 2 heterocycles. The van der Waals surface area contributed by atoms with E-state index in [2.05, 4.69) is 25.8 Å². The molecule has 0 unspecified atom stereocenters. The summed E-state index contributed by atoms with van der Waals surface area (Å²) in [5, 5.41) is 14.1. The van der Waals surface area contributed by atoms with Crippen molar-refractivity contribution in [2.45, 2.75) is 32.9 Å². The number of fused-ring (bicyclic) bond motifs is 1. The Hall–Kier alpha value is -2.77. The number of hydrogen-bond acceptors (Lipinski definition) is 5. The second kappa shape index (κ2) is 6.77. The van der Waals surface area contributed by atoms with E-state index < -0.39 is 6.04 Å². The van der Waals surface area contributed by atoms with Gasteiger partial charge in [-0.3, -0.25) is 4.79 Å². The summed E-state index contributed by atoms with van der Waals surface area (Å²) in [4.78, 5) is 17.2. The molecule has 0 radical (unpaired) electrons. The fourth-order valence-corrected chi connectivity index (χ4v) is 2.78. The Labute approximate surface area is 139 Å². The number of carbonyl (C=O) groups is 1. The maximum Gasteiger partial charge on any atom is 0.245 e. The number of aromatic nitrogens is 6. The number of aryl methyl sites for hydroxylation is 1. The molecule has 0 aliphatic rings. The van der Waals surface area contributed by atoms with E-state index in [9.17, 15) is 4.79 Å². The van der Waals surface area contributed by atoms with E-state index in [1.807, 2.05) is 49.7 Å². The number of nitrogens with zero attached hydrogens (tertiary/aromatic N) is 6. The van der Waals surface area contributed by atoms with Gasteiger partial charge in [-0.1, -0.05) is 32.4 Å². The minimum atomic E-state index is -0.431. The van der Waals surface area contributed by atoms with Crippen molar-refractivity contribution in [2.24, 2.45) is 13.0 Å². The van der Waals surface area contributed by atoms with Gasteiger partial charge < -0.3 is 9.88 Å². The van der Waals surface area contributed by atoms with Crippen molar-refractivity contribution in [1.29, 1.82) is 0 Å². The molecule has 0 bridgehead atoms. The first-order chi connectivity index (χ1) is 11.6. The van der Waals surface area contributed by atoms with Gasteiger partial charge in [-0.05, 0) is 28.5 Å². The number of amides is 1. The quantitative estimate of drug-likeness (QED) is 0.740. The Bertz CT molecular complexity index is 824. The molecule has 3 rings (SSSR count). The van der Waals surface area contributed by atoms with Gasteiger partial charge in [-0.2, -0.15) is 0 Å². The second-order valence-corrected chi connectivity index (χ2v) is 5.91. The van der Waals surface area contributed by atoms with Crippen LogP contribution in [0.15, 0.2) is 30.6 Å². The smallest absolute Gasteiger partial charge is 0.245 e. The van der Waals surface area contributed by atoms with E-state index in [1.165, 1.54) is 11.0 Å². The van der Waals surface area contributed by atoms with Gasteiger partial charge in [0.25, 0.3) is 0 Å². The normalized spacial score (nSPS) is 13.8. The molecule has 2 aromatic heterocycles. The molecular formula is C16H21N7O. The molecule has 8 nitrogen and oxygen atoms in total. The van der Waals surface area contributed by atoms with Crippen LogP contribution in [0.3, 0.4) is 0 Å². The molecule has 3 aromatic rings. The number of rotatable bonds is 6. The predicted octanol–water partition coefficient (Wildman–Crippen LogP) is 1.46. The second-order valence-electron chi connectivity index (χ2n) is 5.91. The van der Waals surface area contributed by atoms with Crippen LogP contribution >= 0.6 is 0 Å². The molecule has 0 fully saturated rings. The summed E-state index contributed by atoms with van der Waals surface area (Å²) in [7, 11) is 1.95. The van der Waals surface area contributed by atoms with Crippen LogP contribution < -0.4 is 5.32 Å². The van der Waals surface area contributed by atoms with Crippen LogP contribution in [-0.4, -0.2) is 35.7 Å². The third-order valence-corrected chi connectivity index (χ3v) is 4.40. The minimum absolute atomic E-state index is 0.108. The van der Waals surface area contributed by atoms with Gasteiger partial charge in [0.05, 0.1) is 17.6 Å². The number of hydrogen-bond donors (Lipinski definition) is 1. The third-order valence-electron chi connectivity index (χ3n) is 4.40. The lowest BCUT2D eigenvalue weighted by atomic mass is 9.98. The standard InChI is InChI=1S/C16H21N7O/c1-4-11(2)15(23-10-18-20-21-23)16(24)17-9-14-19-12-7-5-6-8-13(12)22(14)3/h5-8,10-11,15H,4,9H2,1-3H3,(H,17,24)/t11-,15-/m0/s1. The van der Waals surface area contributed by atoms with Crippen molar-refractivity contribution < 1.29 is 4.79 Å². The lowest BCUT2D eigenvalue weighted by Crippen LogP contribution is -2.36. The average molecular weight is 327 g/mol. The number of para-hydroxylation sites is 2.